The first-order valence-electron chi connectivity index (χ1n) is 24.8. The number of carbonyl (C=O) groups is 7. The number of hydrogen-bond donors (Lipinski definition) is 16. The maximum Gasteiger partial charge on any atom is 0.271 e. The van der Waals surface area contributed by atoms with Crippen LogP contribution in [0, 0.1) is 12.8 Å². The zero-order valence-corrected chi connectivity index (χ0v) is 43.9. The van der Waals surface area contributed by atoms with Crippen molar-refractivity contribution >= 4 is 69.8 Å². The number of imidazole rings is 1. The van der Waals surface area contributed by atoms with Gasteiger partial charge >= 0.3 is 0 Å². The number of amides is 7. The summed E-state index contributed by atoms with van der Waals surface area (Å²) in [5.41, 5.74) is 28.7. The van der Waals surface area contributed by atoms with Crippen LogP contribution < -0.4 is 65.9 Å². The van der Waals surface area contributed by atoms with Gasteiger partial charge in [0.25, 0.3) is 11.8 Å². The number of nitrogens with two attached hydrogens (primary N) is 5. The average Bonchev–Trinajstić information content (AvgIpc) is 4.19. The number of nitrogen functional groups attached to an aromatic ring is 1. The van der Waals surface area contributed by atoms with Crippen molar-refractivity contribution in [3.8, 4) is 10.7 Å². The van der Waals surface area contributed by atoms with E-state index >= 15 is 0 Å². The number of H-pyrrole nitrogens is 1. The Labute approximate surface area is 445 Å². The number of carbonyl (C=O) groups excluding carboxylic acids is 7. The van der Waals surface area contributed by atoms with Gasteiger partial charge in [0.15, 0.2) is 0 Å². The lowest BCUT2D eigenvalue weighted by Gasteiger charge is -2.31. The summed E-state index contributed by atoms with van der Waals surface area (Å²) in [4.78, 5) is 116. The summed E-state index contributed by atoms with van der Waals surface area (Å²) in [5.74, 6) is -6.96. The second-order valence-corrected chi connectivity index (χ2v) is 20.1. The molecule has 1 aliphatic carbocycles. The SMILES string of the molecule is Cc1c(N)nc([C@H](CC(N)=O)NC[C@H](N)C(N)=O)nc1C(=O)N[C@H](C(=O)N[C@H]1CCCC[C@@H](C(=O)N[C@H](C(=O)NCCc2nc(-c3nc(C(=O)NCCCNCCCCN)cs3)cs2)[C@@H](C)O)[C@H]1O)[C@@H](O)c1cnc[nH]1. The molecule has 0 unspecified atom stereocenters. The minimum Gasteiger partial charge on any atom is -0.391 e. The molecule has 28 nitrogen and oxygen atoms in total. The van der Waals surface area contributed by atoms with Crippen molar-refractivity contribution in [3.63, 3.8) is 0 Å². The fourth-order valence-electron chi connectivity index (χ4n) is 8.04. The van der Waals surface area contributed by atoms with Crippen molar-refractivity contribution in [2.24, 2.45) is 28.9 Å². The molecule has 416 valence electrons. The van der Waals surface area contributed by atoms with Gasteiger partial charge in [0, 0.05) is 48.8 Å². The summed E-state index contributed by atoms with van der Waals surface area (Å²) in [7, 11) is 0. The lowest BCUT2D eigenvalue weighted by Crippen LogP contribution is -2.58. The molecule has 0 aliphatic heterocycles. The summed E-state index contributed by atoms with van der Waals surface area (Å²) >= 11 is 2.62. The van der Waals surface area contributed by atoms with E-state index in [1.165, 1.54) is 49.0 Å². The topological polar surface area (TPSA) is 475 Å². The number of primary amides is 2. The van der Waals surface area contributed by atoms with Crippen molar-refractivity contribution in [1.82, 2.24) is 67.1 Å². The second kappa shape index (κ2) is 29.6. The van der Waals surface area contributed by atoms with E-state index in [4.69, 9.17) is 28.7 Å². The highest BCUT2D eigenvalue weighted by atomic mass is 32.1. The van der Waals surface area contributed by atoms with E-state index in [9.17, 15) is 48.9 Å². The molecule has 4 aromatic rings. The molecule has 30 heteroatoms. The number of aliphatic hydroxyl groups is 3. The van der Waals surface area contributed by atoms with Gasteiger partial charge in [-0.1, -0.05) is 12.8 Å². The summed E-state index contributed by atoms with van der Waals surface area (Å²) in [6.07, 6.45) is 1.59. The molecule has 5 rings (SSSR count). The monoisotopic (exact) mass is 1100 g/mol. The standard InChI is InChI=1S/C46H70N18O10S2/c1-22-33(61-40(64-38(22)50)27(16-31(49)66)56-17-25(48)39(51)69)44(73)63-35(37(68)28-18-53-21-57-28)45(74)59-26-9-4-3-8-24(36(26)67)41(70)62-34(23(2)65)43(72)55-15-10-32-58-30(20-75-32)46-60-29(19-76-46)42(71)54-14-7-13-52-12-6-5-11-47/h18-21,23-27,34-37,52,56,65,67-68H,3-17,47-48H2,1-2H3,(H2,49,66)(H2,51,69)(H,53,57)(H,54,71)(H,55,72)(H,59,74)(H,62,70)(H,63,73)(H2,50,61,64)/t23-,24-,25+,26+,27+,34+,35+,36-,37+/m1/s1. The van der Waals surface area contributed by atoms with Gasteiger partial charge in [-0.15, -0.1) is 22.7 Å². The fraction of sp³-hybridized carbons (Fsp3) is 0.565. The summed E-state index contributed by atoms with van der Waals surface area (Å²) in [6, 6.07) is -6.61. The Morgan fingerprint density at radius 3 is 2.32 bits per heavy atom. The van der Waals surface area contributed by atoms with Crippen LogP contribution in [0.5, 0.6) is 0 Å². The first-order valence-corrected chi connectivity index (χ1v) is 26.6. The van der Waals surface area contributed by atoms with Crippen LogP contribution >= 0.6 is 22.7 Å². The Morgan fingerprint density at radius 2 is 1.62 bits per heavy atom. The third kappa shape index (κ3) is 17.5. The smallest absolute Gasteiger partial charge is 0.271 e. The van der Waals surface area contributed by atoms with E-state index in [1.807, 2.05) is 0 Å². The molecule has 0 spiro atoms. The van der Waals surface area contributed by atoms with Gasteiger partial charge in [-0.3, -0.25) is 33.6 Å². The number of thiazole rings is 2. The van der Waals surface area contributed by atoms with Crippen LogP contribution in [0.15, 0.2) is 23.3 Å². The Bertz CT molecular complexity index is 2580. The van der Waals surface area contributed by atoms with E-state index < -0.39 is 96.3 Å². The molecule has 0 aromatic carbocycles. The van der Waals surface area contributed by atoms with Gasteiger partial charge in [0.2, 0.25) is 29.5 Å². The van der Waals surface area contributed by atoms with E-state index in [2.05, 4.69) is 67.1 Å². The molecule has 0 saturated heterocycles. The molecule has 4 aromatic heterocycles. The highest BCUT2D eigenvalue weighted by molar-refractivity contribution is 7.14. The van der Waals surface area contributed by atoms with Gasteiger partial charge in [0.05, 0.1) is 59.5 Å². The molecule has 1 fully saturated rings. The third-order valence-corrected chi connectivity index (χ3v) is 14.2. The van der Waals surface area contributed by atoms with Gasteiger partial charge in [-0.2, -0.15) is 0 Å². The number of rotatable bonds is 30. The fourth-order valence-corrected chi connectivity index (χ4v) is 9.66. The molecular weight excluding hydrogens is 1030 g/mol. The van der Waals surface area contributed by atoms with Gasteiger partial charge in [-0.05, 0) is 65.6 Å². The molecule has 0 bridgehead atoms. The van der Waals surface area contributed by atoms with Crippen LogP contribution in [-0.4, -0.2) is 162 Å². The summed E-state index contributed by atoms with van der Waals surface area (Å²) in [5, 5.41) is 58.0. The number of anilines is 1. The lowest BCUT2D eigenvalue weighted by atomic mass is 9.92. The van der Waals surface area contributed by atoms with Crippen LogP contribution in [0.25, 0.3) is 10.7 Å². The highest BCUT2D eigenvalue weighted by Gasteiger charge is 2.40. The van der Waals surface area contributed by atoms with Crippen LogP contribution in [0.4, 0.5) is 5.82 Å². The van der Waals surface area contributed by atoms with Crippen LogP contribution in [0.2, 0.25) is 0 Å². The second-order valence-electron chi connectivity index (χ2n) is 18.3. The molecule has 9 atom stereocenters. The number of unbranched alkanes of at least 4 members (excludes halogenated alkanes) is 1. The Kier molecular flexibility index (Phi) is 23.5. The van der Waals surface area contributed by atoms with Crippen LogP contribution in [0.1, 0.15) is 114 Å². The number of nitrogens with one attached hydrogen (secondary N) is 8. The molecule has 7 amide bonds. The molecule has 76 heavy (non-hydrogen) atoms. The van der Waals surface area contributed by atoms with Crippen LogP contribution in [0.3, 0.4) is 0 Å². The predicted octanol–water partition coefficient (Wildman–Crippen LogP) is -3.47. The van der Waals surface area contributed by atoms with E-state index in [-0.39, 0.29) is 66.1 Å². The average molecular weight is 1100 g/mol. The van der Waals surface area contributed by atoms with Crippen molar-refractivity contribution in [1.29, 1.82) is 0 Å². The Morgan fingerprint density at radius 1 is 0.868 bits per heavy atom. The number of aromatic nitrogens is 6. The van der Waals surface area contributed by atoms with Crippen LogP contribution in [-0.2, 0) is 30.4 Å². The zero-order valence-electron chi connectivity index (χ0n) is 42.3. The summed E-state index contributed by atoms with van der Waals surface area (Å²) < 4.78 is 0. The highest BCUT2D eigenvalue weighted by Crippen LogP contribution is 2.28. The molecule has 0 radical (unpaired) electrons. The normalized spacial score (nSPS) is 18.0. The summed E-state index contributed by atoms with van der Waals surface area (Å²) in [6.45, 7) is 5.41. The number of hydrogen-bond acceptors (Lipinski definition) is 22. The molecule has 1 saturated carbocycles. The zero-order chi connectivity index (χ0) is 55.5. The van der Waals surface area contributed by atoms with Crippen molar-refractivity contribution in [2.45, 2.75) is 120 Å². The number of aliphatic hydroxyl groups excluding tert-OH is 3. The number of aromatic amines is 1. The van der Waals surface area contributed by atoms with E-state index in [1.54, 1.807) is 10.8 Å². The largest absolute Gasteiger partial charge is 0.391 e. The molecule has 4 heterocycles. The molecule has 21 N–H and O–H groups in total. The van der Waals surface area contributed by atoms with Gasteiger partial charge in [0.1, 0.15) is 51.9 Å². The quantitative estimate of drug-likeness (QED) is 0.0178. The van der Waals surface area contributed by atoms with E-state index in [0.717, 1.165) is 32.4 Å². The van der Waals surface area contributed by atoms with Gasteiger partial charge < -0.3 is 86.2 Å². The minimum atomic E-state index is -1.79. The van der Waals surface area contributed by atoms with Crippen molar-refractivity contribution < 1.29 is 48.9 Å². The maximum atomic E-state index is 14.2. The Balaban J connectivity index is 1.19. The third-order valence-electron chi connectivity index (χ3n) is 12.4. The maximum absolute atomic E-state index is 14.2. The minimum absolute atomic E-state index is 0.0194. The van der Waals surface area contributed by atoms with Gasteiger partial charge in [-0.25, -0.2) is 24.9 Å². The molecular formula is C46H70N18O10S2. The van der Waals surface area contributed by atoms with Crippen molar-refractivity contribution in [3.05, 3.63) is 56.8 Å². The Hall–Kier alpha value is -6.64. The number of nitrogens with zero attached hydrogens (tertiary/aromatic N) is 5. The predicted molar refractivity (Wildman–Crippen MR) is 279 cm³/mol. The van der Waals surface area contributed by atoms with E-state index in [0.29, 0.717) is 48.1 Å². The lowest BCUT2D eigenvalue weighted by molar-refractivity contribution is -0.137. The first kappa shape index (κ1) is 60.2. The first-order chi connectivity index (χ1) is 36.3. The molecule has 1 aliphatic rings. The van der Waals surface area contributed by atoms with Crippen molar-refractivity contribution in [2.75, 3.05) is 45.0 Å².